The Kier molecular flexibility index (Phi) is 4.89. The van der Waals surface area contributed by atoms with Crippen LogP contribution in [0.2, 0.25) is 0 Å². The number of piperidine rings is 1. The van der Waals surface area contributed by atoms with Crippen molar-refractivity contribution in [3.8, 4) is 0 Å². The second-order valence-corrected chi connectivity index (χ2v) is 8.93. The molecule has 0 saturated carbocycles. The zero-order chi connectivity index (χ0) is 18.3. The van der Waals surface area contributed by atoms with Crippen LogP contribution in [0.5, 0.6) is 0 Å². The zero-order valence-electron chi connectivity index (χ0n) is 14.1. The van der Waals surface area contributed by atoms with E-state index in [1.165, 1.54) is 23.4 Å². The molecule has 0 aliphatic carbocycles. The van der Waals surface area contributed by atoms with Gasteiger partial charge in [-0.15, -0.1) is 0 Å². The van der Waals surface area contributed by atoms with Gasteiger partial charge in [0, 0.05) is 26.3 Å². The average Bonchev–Trinajstić information content (AvgIpc) is 2.55. The molecular weight excluding hydrogens is 355 g/mol. The van der Waals surface area contributed by atoms with E-state index in [0.717, 1.165) is 31.7 Å². The minimum atomic E-state index is -4.57. The normalized spacial score (nSPS) is 22.2. The Labute approximate surface area is 146 Å². The van der Waals surface area contributed by atoms with Gasteiger partial charge in [-0.25, -0.2) is 8.42 Å². The molecule has 2 fully saturated rings. The van der Waals surface area contributed by atoms with E-state index in [-0.39, 0.29) is 15.9 Å². The van der Waals surface area contributed by atoms with Gasteiger partial charge in [-0.05, 0) is 55.7 Å². The molecule has 0 aromatic heterocycles. The summed E-state index contributed by atoms with van der Waals surface area (Å²) in [5.74, 6) is 0. The van der Waals surface area contributed by atoms with Crippen LogP contribution in [0.25, 0.3) is 0 Å². The molecule has 0 atom stereocenters. The lowest BCUT2D eigenvalue weighted by atomic mass is 9.73. The summed E-state index contributed by atoms with van der Waals surface area (Å²) in [5, 5.41) is 0. The van der Waals surface area contributed by atoms with Crippen molar-refractivity contribution in [2.45, 2.75) is 43.7 Å². The van der Waals surface area contributed by atoms with E-state index in [1.807, 2.05) is 0 Å². The Hall–Kier alpha value is -1.12. The Balaban J connectivity index is 1.81. The molecule has 0 radical (unpaired) electrons. The fourth-order valence-corrected chi connectivity index (χ4v) is 5.19. The van der Waals surface area contributed by atoms with Crippen LogP contribution in [0.4, 0.5) is 13.2 Å². The number of aryl methyl sites for hydroxylation is 1. The summed E-state index contributed by atoms with van der Waals surface area (Å²) in [6.45, 7) is 3.41. The Morgan fingerprint density at radius 2 is 1.68 bits per heavy atom. The van der Waals surface area contributed by atoms with Crippen LogP contribution in [-0.2, 0) is 20.9 Å². The highest BCUT2D eigenvalue weighted by molar-refractivity contribution is 7.89. The molecule has 0 bridgehead atoms. The Bertz CT molecular complexity index is 730. The lowest BCUT2D eigenvalue weighted by Crippen LogP contribution is -2.45. The van der Waals surface area contributed by atoms with Crippen molar-refractivity contribution in [3.05, 3.63) is 29.3 Å². The molecule has 0 unspecified atom stereocenters. The van der Waals surface area contributed by atoms with Crippen molar-refractivity contribution in [1.29, 1.82) is 0 Å². The molecule has 25 heavy (non-hydrogen) atoms. The lowest BCUT2D eigenvalue weighted by molar-refractivity contribution is -0.138. The predicted octanol–water partition coefficient (Wildman–Crippen LogP) is 3.60. The van der Waals surface area contributed by atoms with Gasteiger partial charge in [0.2, 0.25) is 10.0 Å². The second kappa shape index (κ2) is 6.55. The van der Waals surface area contributed by atoms with E-state index >= 15 is 0 Å². The van der Waals surface area contributed by atoms with Crippen LogP contribution in [0.3, 0.4) is 0 Å². The molecule has 4 nitrogen and oxygen atoms in total. The van der Waals surface area contributed by atoms with Crippen LogP contribution >= 0.6 is 0 Å². The van der Waals surface area contributed by atoms with Crippen molar-refractivity contribution in [1.82, 2.24) is 4.31 Å². The van der Waals surface area contributed by atoms with Gasteiger partial charge in [0.15, 0.2) is 0 Å². The highest BCUT2D eigenvalue weighted by Gasteiger charge is 2.40. The third-order valence-electron chi connectivity index (χ3n) is 5.49. The monoisotopic (exact) mass is 377 g/mol. The van der Waals surface area contributed by atoms with E-state index in [4.69, 9.17) is 4.74 Å². The number of hydrogen-bond acceptors (Lipinski definition) is 3. The molecule has 3 rings (SSSR count). The summed E-state index contributed by atoms with van der Waals surface area (Å²) in [6, 6.07) is 3.24. The lowest BCUT2D eigenvalue weighted by Gasteiger charge is -2.43. The SMILES string of the molecule is Cc1ccc(S(=O)(=O)N2CCC3(CCOCC3)CC2)cc1C(F)(F)F. The number of hydrogen-bond donors (Lipinski definition) is 0. The standard InChI is InChI=1S/C17H22F3NO3S/c1-13-2-3-14(12-15(13)17(18,19)20)25(22,23)21-8-4-16(5-9-21)6-10-24-11-7-16/h2-3,12H,4-11H2,1H3. The van der Waals surface area contributed by atoms with E-state index in [1.54, 1.807) is 0 Å². The van der Waals surface area contributed by atoms with Crippen molar-refractivity contribution < 1.29 is 26.3 Å². The maximum atomic E-state index is 13.1. The van der Waals surface area contributed by atoms with Gasteiger partial charge in [-0.3, -0.25) is 0 Å². The van der Waals surface area contributed by atoms with Gasteiger partial charge in [0.05, 0.1) is 10.5 Å². The van der Waals surface area contributed by atoms with Crippen LogP contribution in [0.15, 0.2) is 23.1 Å². The summed E-state index contributed by atoms with van der Waals surface area (Å²) in [7, 11) is -3.91. The summed E-state index contributed by atoms with van der Waals surface area (Å²) < 4.78 is 71.5. The van der Waals surface area contributed by atoms with Gasteiger partial charge in [-0.1, -0.05) is 6.07 Å². The molecule has 0 N–H and O–H groups in total. The number of alkyl halides is 3. The van der Waals surface area contributed by atoms with Gasteiger partial charge in [0.1, 0.15) is 0 Å². The smallest absolute Gasteiger partial charge is 0.381 e. The molecule has 0 amide bonds. The predicted molar refractivity (Wildman–Crippen MR) is 86.7 cm³/mol. The summed E-state index contributed by atoms with van der Waals surface area (Å²) in [4.78, 5) is -0.284. The third kappa shape index (κ3) is 3.71. The molecular formula is C17H22F3NO3S. The van der Waals surface area contributed by atoms with E-state index < -0.39 is 21.8 Å². The first-order valence-corrected chi connectivity index (χ1v) is 9.84. The minimum Gasteiger partial charge on any atom is -0.381 e. The van der Waals surface area contributed by atoms with Crippen LogP contribution in [-0.4, -0.2) is 39.0 Å². The van der Waals surface area contributed by atoms with Crippen molar-refractivity contribution in [3.63, 3.8) is 0 Å². The maximum absolute atomic E-state index is 13.1. The Morgan fingerprint density at radius 1 is 1.08 bits per heavy atom. The third-order valence-corrected chi connectivity index (χ3v) is 7.38. The number of benzene rings is 1. The van der Waals surface area contributed by atoms with Gasteiger partial charge in [-0.2, -0.15) is 17.5 Å². The van der Waals surface area contributed by atoms with E-state index in [0.29, 0.717) is 26.3 Å². The topological polar surface area (TPSA) is 46.6 Å². The molecule has 1 aromatic rings. The molecule has 1 spiro atoms. The summed E-state index contributed by atoms with van der Waals surface area (Å²) >= 11 is 0. The first-order valence-electron chi connectivity index (χ1n) is 8.40. The van der Waals surface area contributed by atoms with Crippen LogP contribution in [0.1, 0.15) is 36.8 Å². The van der Waals surface area contributed by atoms with E-state index in [9.17, 15) is 21.6 Å². The molecule has 2 heterocycles. The Morgan fingerprint density at radius 3 is 2.24 bits per heavy atom. The molecule has 2 aliphatic heterocycles. The fourth-order valence-electron chi connectivity index (χ4n) is 3.72. The largest absolute Gasteiger partial charge is 0.416 e. The fraction of sp³-hybridized carbons (Fsp3) is 0.647. The van der Waals surface area contributed by atoms with Gasteiger partial charge in [0.25, 0.3) is 0 Å². The van der Waals surface area contributed by atoms with Crippen LogP contribution < -0.4 is 0 Å². The first-order chi connectivity index (χ1) is 11.6. The highest BCUT2D eigenvalue weighted by Crippen LogP contribution is 2.42. The quantitative estimate of drug-likeness (QED) is 0.791. The molecule has 2 saturated heterocycles. The van der Waals surface area contributed by atoms with Crippen molar-refractivity contribution in [2.24, 2.45) is 5.41 Å². The summed E-state index contributed by atoms with van der Waals surface area (Å²) in [6.07, 6.45) is -1.27. The zero-order valence-corrected chi connectivity index (χ0v) is 14.9. The second-order valence-electron chi connectivity index (χ2n) is 6.99. The number of sulfonamides is 1. The highest BCUT2D eigenvalue weighted by atomic mass is 32.2. The molecule has 1 aromatic carbocycles. The van der Waals surface area contributed by atoms with Gasteiger partial charge < -0.3 is 4.74 Å². The molecule has 2 aliphatic rings. The summed E-state index contributed by atoms with van der Waals surface area (Å²) in [5.41, 5.74) is -0.757. The average molecular weight is 377 g/mol. The number of nitrogens with zero attached hydrogens (tertiary/aromatic N) is 1. The number of ether oxygens (including phenoxy) is 1. The first kappa shape index (κ1) is 18.7. The molecule has 140 valence electrons. The minimum absolute atomic E-state index is 0.0197. The van der Waals surface area contributed by atoms with Gasteiger partial charge >= 0.3 is 6.18 Å². The van der Waals surface area contributed by atoms with Crippen molar-refractivity contribution in [2.75, 3.05) is 26.3 Å². The van der Waals surface area contributed by atoms with Crippen molar-refractivity contribution >= 4 is 10.0 Å². The number of halogens is 3. The van der Waals surface area contributed by atoms with Crippen LogP contribution in [0, 0.1) is 12.3 Å². The van der Waals surface area contributed by atoms with E-state index in [2.05, 4.69) is 0 Å². The number of rotatable bonds is 2. The molecule has 8 heteroatoms. The maximum Gasteiger partial charge on any atom is 0.416 e.